The van der Waals surface area contributed by atoms with Gasteiger partial charge in [-0.15, -0.1) is 0 Å². The van der Waals surface area contributed by atoms with Gasteiger partial charge in [0.1, 0.15) is 0 Å². The molecule has 22 heavy (non-hydrogen) atoms. The molecule has 0 aliphatic carbocycles. The number of benzene rings is 1. The number of hydrogen-bond acceptors (Lipinski definition) is 4. The molecule has 1 fully saturated rings. The van der Waals surface area contributed by atoms with Crippen LogP contribution in [-0.2, 0) is 6.54 Å². The van der Waals surface area contributed by atoms with E-state index in [9.17, 15) is 4.79 Å². The molecule has 0 bridgehead atoms. The average molecular weight is 304 g/mol. The minimum atomic E-state index is -0.396. The molecule has 1 saturated heterocycles. The molecule has 1 heterocycles. The van der Waals surface area contributed by atoms with Crippen LogP contribution in [0, 0.1) is 0 Å². The van der Waals surface area contributed by atoms with Gasteiger partial charge in [0, 0.05) is 50.4 Å². The number of hydrogen-bond donors (Lipinski definition) is 2. The summed E-state index contributed by atoms with van der Waals surface area (Å²) in [5.74, 6) is -0.0567. The molecule has 1 aliphatic heterocycles. The number of piperazine rings is 1. The first-order valence-electron chi connectivity index (χ1n) is 7.90. The smallest absolute Gasteiger partial charge is 0.251 e. The van der Waals surface area contributed by atoms with Gasteiger partial charge < -0.3 is 16.0 Å². The Hall–Kier alpha value is -1.43. The summed E-state index contributed by atoms with van der Waals surface area (Å²) in [4.78, 5) is 17.0. The summed E-state index contributed by atoms with van der Waals surface area (Å²) < 4.78 is 0. The van der Waals surface area contributed by atoms with E-state index in [1.54, 1.807) is 0 Å². The molecule has 3 N–H and O–H groups in total. The maximum absolute atomic E-state index is 12.2. The van der Waals surface area contributed by atoms with Crippen LogP contribution in [0.3, 0.4) is 0 Å². The molecule has 0 saturated carbocycles. The van der Waals surface area contributed by atoms with Gasteiger partial charge in [0.25, 0.3) is 5.91 Å². The molecular formula is C17H28N4O. The first kappa shape index (κ1) is 16.9. The number of nitrogens with zero attached hydrogens (tertiary/aromatic N) is 2. The molecule has 1 aromatic carbocycles. The Morgan fingerprint density at radius 3 is 2.59 bits per heavy atom. The normalized spacial score (nSPS) is 17.5. The fourth-order valence-corrected chi connectivity index (χ4v) is 2.49. The monoisotopic (exact) mass is 304 g/mol. The number of nitrogens with one attached hydrogen (secondary N) is 1. The van der Waals surface area contributed by atoms with Crippen molar-refractivity contribution in [1.29, 1.82) is 0 Å². The van der Waals surface area contributed by atoms with Gasteiger partial charge in [0.15, 0.2) is 0 Å². The molecule has 1 aromatic rings. The van der Waals surface area contributed by atoms with Crippen LogP contribution in [0.2, 0.25) is 0 Å². The van der Waals surface area contributed by atoms with Gasteiger partial charge in [0.05, 0.1) is 0 Å². The van der Waals surface area contributed by atoms with Crippen molar-refractivity contribution < 1.29 is 4.79 Å². The zero-order valence-corrected chi connectivity index (χ0v) is 13.9. The van der Waals surface area contributed by atoms with E-state index in [-0.39, 0.29) is 5.91 Å². The first-order valence-corrected chi connectivity index (χ1v) is 7.90. The molecule has 5 heteroatoms. The molecule has 122 valence electrons. The molecule has 0 atom stereocenters. The third kappa shape index (κ3) is 5.40. The zero-order chi connectivity index (χ0) is 16.2. The van der Waals surface area contributed by atoms with Gasteiger partial charge in [-0.2, -0.15) is 0 Å². The lowest BCUT2D eigenvalue weighted by Crippen LogP contribution is -2.45. The predicted octanol–water partition coefficient (Wildman–Crippen LogP) is 0.901. The van der Waals surface area contributed by atoms with Crippen molar-refractivity contribution >= 4 is 5.91 Å². The Kier molecular flexibility index (Phi) is 5.56. The van der Waals surface area contributed by atoms with Crippen molar-refractivity contribution in [3.8, 4) is 0 Å². The van der Waals surface area contributed by atoms with E-state index in [1.807, 2.05) is 32.0 Å². The summed E-state index contributed by atoms with van der Waals surface area (Å²) in [5, 5.41) is 2.89. The molecule has 2 rings (SSSR count). The fraction of sp³-hybridized carbons (Fsp3) is 0.588. The van der Waals surface area contributed by atoms with Crippen LogP contribution in [0.4, 0.5) is 0 Å². The van der Waals surface area contributed by atoms with Crippen LogP contribution >= 0.6 is 0 Å². The fourth-order valence-electron chi connectivity index (χ4n) is 2.49. The highest BCUT2D eigenvalue weighted by molar-refractivity contribution is 5.94. The van der Waals surface area contributed by atoms with Crippen molar-refractivity contribution in [3.63, 3.8) is 0 Å². The largest absolute Gasteiger partial charge is 0.350 e. The highest BCUT2D eigenvalue weighted by Gasteiger charge is 2.16. The van der Waals surface area contributed by atoms with Crippen molar-refractivity contribution in [2.45, 2.75) is 25.9 Å². The Bertz CT molecular complexity index is 502. The van der Waals surface area contributed by atoms with Gasteiger partial charge in [-0.25, -0.2) is 0 Å². The van der Waals surface area contributed by atoms with E-state index in [0.29, 0.717) is 12.1 Å². The molecule has 1 aliphatic rings. The van der Waals surface area contributed by atoms with Crippen molar-refractivity contribution in [3.05, 3.63) is 35.4 Å². The second kappa shape index (κ2) is 7.22. The summed E-state index contributed by atoms with van der Waals surface area (Å²) in [6, 6.07) is 7.87. The molecule has 0 unspecified atom stereocenters. The van der Waals surface area contributed by atoms with E-state index >= 15 is 0 Å². The third-order valence-electron chi connectivity index (χ3n) is 3.90. The van der Waals surface area contributed by atoms with Gasteiger partial charge in [-0.1, -0.05) is 12.1 Å². The van der Waals surface area contributed by atoms with Crippen molar-refractivity contribution in [1.82, 2.24) is 15.1 Å². The maximum Gasteiger partial charge on any atom is 0.251 e. The zero-order valence-electron chi connectivity index (χ0n) is 13.9. The summed E-state index contributed by atoms with van der Waals surface area (Å²) in [5.41, 5.74) is 7.39. The molecular weight excluding hydrogens is 276 g/mol. The van der Waals surface area contributed by atoms with Crippen LogP contribution in [0.5, 0.6) is 0 Å². The second-order valence-electron chi connectivity index (χ2n) is 6.95. The molecule has 5 nitrogen and oxygen atoms in total. The molecule has 0 radical (unpaired) electrons. The van der Waals surface area contributed by atoms with Crippen LogP contribution < -0.4 is 11.1 Å². The number of rotatable bonds is 5. The quantitative estimate of drug-likeness (QED) is 0.848. The Morgan fingerprint density at radius 1 is 1.27 bits per heavy atom. The average Bonchev–Trinajstić information content (AvgIpc) is 2.47. The number of carbonyl (C=O) groups excluding carboxylic acids is 1. The lowest BCUT2D eigenvalue weighted by Gasteiger charge is -2.32. The molecule has 0 aromatic heterocycles. The number of carbonyl (C=O) groups is 1. The van der Waals surface area contributed by atoms with Crippen LogP contribution in [0.25, 0.3) is 0 Å². The Labute approximate surface area is 133 Å². The minimum absolute atomic E-state index is 0.0567. The summed E-state index contributed by atoms with van der Waals surface area (Å²) >= 11 is 0. The molecule has 0 spiro atoms. The third-order valence-corrected chi connectivity index (χ3v) is 3.90. The van der Waals surface area contributed by atoms with Crippen LogP contribution in [0.15, 0.2) is 24.3 Å². The second-order valence-corrected chi connectivity index (χ2v) is 6.95. The number of amides is 1. The lowest BCUT2D eigenvalue weighted by molar-refractivity contribution is 0.0945. The lowest BCUT2D eigenvalue weighted by atomic mass is 10.1. The van der Waals surface area contributed by atoms with E-state index < -0.39 is 5.54 Å². The highest BCUT2D eigenvalue weighted by atomic mass is 16.1. The molecule has 1 amide bonds. The van der Waals surface area contributed by atoms with Gasteiger partial charge in [-0.3, -0.25) is 9.69 Å². The van der Waals surface area contributed by atoms with Gasteiger partial charge >= 0.3 is 0 Å². The number of likely N-dealkylation sites (N-methyl/N-ethyl adjacent to an activating group) is 1. The Balaban J connectivity index is 1.93. The Morgan fingerprint density at radius 2 is 1.95 bits per heavy atom. The maximum atomic E-state index is 12.2. The van der Waals surface area contributed by atoms with Gasteiger partial charge in [0.2, 0.25) is 0 Å². The van der Waals surface area contributed by atoms with E-state index in [4.69, 9.17) is 5.73 Å². The summed E-state index contributed by atoms with van der Waals surface area (Å²) in [7, 11) is 2.15. The van der Waals surface area contributed by atoms with E-state index in [0.717, 1.165) is 32.7 Å². The van der Waals surface area contributed by atoms with E-state index in [2.05, 4.69) is 28.2 Å². The minimum Gasteiger partial charge on any atom is -0.350 e. The SMILES string of the molecule is CN1CCN(Cc2cccc(C(=O)NCC(C)(C)N)c2)CC1. The van der Waals surface area contributed by atoms with Crippen molar-refractivity contribution in [2.75, 3.05) is 39.8 Å². The van der Waals surface area contributed by atoms with Crippen LogP contribution in [-0.4, -0.2) is 61.0 Å². The summed E-state index contributed by atoms with van der Waals surface area (Å²) in [6.07, 6.45) is 0. The van der Waals surface area contributed by atoms with Crippen LogP contribution in [0.1, 0.15) is 29.8 Å². The summed E-state index contributed by atoms with van der Waals surface area (Å²) in [6.45, 7) is 9.53. The standard InChI is InChI=1S/C17H28N4O/c1-17(2,18)13-19-16(22)15-6-4-5-14(11-15)12-21-9-7-20(3)8-10-21/h4-6,11H,7-10,12-13,18H2,1-3H3,(H,19,22). The van der Waals surface area contributed by atoms with Gasteiger partial charge in [-0.05, 0) is 38.6 Å². The highest BCUT2D eigenvalue weighted by Crippen LogP contribution is 2.10. The first-order chi connectivity index (χ1) is 10.3. The predicted molar refractivity (Wildman–Crippen MR) is 89.8 cm³/mol. The topological polar surface area (TPSA) is 61.6 Å². The van der Waals surface area contributed by atoms with E-state index in [1.165, 1.54) is 5.56 Å². The van der Waals surface area contributed by atoms with Crippen molar-refractivity contribution in [2.24, 2.45) is 5.73 Å². The number of nitrogens with two attached hydrogens (primary N) is 1.